The summed E-state index contributed by atoms with van der Waals surface area (Å²) in [4.78, 5) is 14.1. The van der Waals surface area contributed by atoms with Gasteiger partial charge < -0.3 is 24.1 Å². The second-order valence-corrected chi connectivity index (χ2v) is 8.78. The van der Waals surface area contributed by atoms with E-state index in [0.717, 1.165) is 73.3 Å². The van der Waals surface area contributed by atoms with Crippen LogP contribution in [0.2, 0.25) is 0 Å². The van der Waals surface area contributed by atoms with Crippen LogP contribution in [-0.4, -0.2) is 43.8 Å². The van der Waals surface area contributed by atoms with Crippen LogP contribution in [0.4, 0.5) is 4.39 Å². The average molecular weight is 453 g/mol. The van der Waals surface area contributed by atoms with Crippen LogP contribution in [0.15, 0.2) is 51.7 Å². The zero-order valence-corrected chi connectivity index (χ0v) is 18.6. The number of ether oxygens (including phenoxy) is 2. The predicted molar refractivity (Wildman–Crippen MR) is 124 cm³/mol. The molecule has 33 heavy (non-hydrogen) atoms. The minimum atomic E-state index is -0.375. The number of benzene rings is 2. The van der Waals surface area contributed by atoms with Crippen molar-refractivity contribution < 1.29 is 18.3 Å². The van der Waals surface area contributed by atoms with Gasteiger partial charge in [0, 0.05) is 43.2 Å². The smallest absolute Gasteiger partial charge is 0.336 e. The molecule has 3 aromatic rings. The molecule has 1 N–H and O–H groups in total. The molecular formula is C26H29FN2O4. The first-order valence-corrected chi connectivity index (χ1v) is 11.7. The first-order valence-electron chi connectivity index (χ1n) is 11.7. The van der Waals surface area contributed by atoms with Crippen LogP contribution in [-0.2, 0) is 13.0 Å². The standard InChI is InChI=1S/C26H29FN2O4/c27-19-4-1-3-18(15-19)17-28-20-7-11-29(12-8-20)10-2-13-32-26-21-5-6-25(30)33-24(21)16-23-22(26)9-14-31-23/h1,3-6,15-16,20,28H,2,7-14,17H2. The van der Waals surface area contributed by atoms with Crippen molar-refractivity contribution in [2.75, 3.05) is 32.8 Å². The van der Waals surface area contributed by atoms with Crippen LogP contribution in [0, 0.1) is 5.82 Å². The highest BCUT2D eigenvalue weighted by molar-refractivity contribution is 5.87. The van der Waals surface area contributed by atoms with E-state index in [0.29, 0.717) is 31.4 Å². The van der Waals surface area contributed by atoms with Crippen molar-refractivity contribution in [3.63, 3.8) is 0 Å². The summed E-state index contributed by atoms with van der Waals surface area (Å²) >= 11 is 0. The summed E-state index contributed by atoms with van der Waals surface area (Å²) in [6.07, 6.45) is 3.90. The molecule has 2 aliphatic heterocycles. The molecule has 1 fully saturated rings. The van der Waals surface area contributed by atoms with E-state index in [-0.39, 0.29) is 11.4 Å². The van der Waals surface area contributed by atoms with Crippen molar-refractivity contribution in [2.45, 2.75) is 38.3 Å². The number of rotatable bonds is 8. The number of nitrogens with one attached hydrogen (secondary N) is 1. The highest BCUT2D eigenvalue weighted by Crippen LogP contribution is 2.39. The van der Waals surface area contributed by atoms with Crippen molar-refractivity contribution in [3.8, 4) is 11.5 Å². The lowest BCUT2D eigenvalue weighted by atomic mass is 10.0. The Balaban J connectivity index is 1.09. The Hall–Kier alpha value is -2.90. The molecule has 0 atom stereocenters. The maximum Gasteiger partial charge on any atom is 0.336 e. The minimum absolute atomic E-state index is 0.183. The van der Waals surface area contributed by atoms with Gasteiger partial charge in [0.05, 0.1) is 18.6 Å². The topological polar surface area (TPSA) is 63.9 Å². The third-order valence-electron chi connectivity index (χ3n) is 6.49. The Morgan fingerprint density at radius 1 is 1.15 bits per heavy atom. The zero-order chi connectivity index (χ0) is 22.6. The largest absolute Gasteiger partial charge is 0.493 e. The van der Waals surface area contributed by atoms with Crippen LogP contribution < -0.4 is 20.4 Å². The summed E-state index contributed by atoms with van der Waals surface area (Å²) in [6, 6.07) is 12.2. The molecule has 1 aromatic heterocycles. The van der Waals surface area contributed by atoms with E-state index in [9.17, 15) is 9.18 Å². The number of nitrogens with zero attached hydrogens (tertiary/aromatic N) is 1. The first-order chi connectivity index (χ1) is 16.2. The van der Waals surface area contributed by atoms with Gasteiger partial charge >= 0.3 is 5.63 Å². The summed E-state index contributed by atoms with van der Waals surface area (Å²) in [5.74, 6) is 1.35. The van der Waals surface area contributed by atoms with Crippen LogP contribution in [0.1, 0.15) is 30.4 Å². The summed E-state index contributed by atoms with van der Waals surface area (Å²) in [6.45, 7) is 4.99. The van der Waals surface area contributed by atoms with Crippen LogP contribution in [0.25, 0.3) is 11.0 Å². The summed E-state index contributed by atoms with van der Waals surface area (Å²) in [5, 5.41) is 4.38. The molecule has 1 saturated heterocycles. The van der Waals surface area contributed by atoms with E-state index >= 15 is 0 Å². The van der Waals surface area contributed by atoms with E-state index in [1.807, 2.05) is 6.07 Å². The van der Waals surface area contributed by atoms with E-state index in [2.05, 4.69) is 10.2 Å². The number of hydrogen-bond acceptors (Lipinski definition) is 6. The number of fused-ring (bicyclic) bond motifs is 2. The maximum absolute atomic E-state index is 13.3. The molecule has 2 aliphatic rings. The van der Waals surface area contributed by atoms with Crippen molar-refractivity contribution in [1.29, 1.82) is 0 Å². The lowest BCUT2D eigenvalue weighted by Crippen LogP contribution is -2.42. The van der Waals surface area contributed by atoms with Gasteiger partial charge in [0.25, 0.3) is 0 Å². The van der Waals surface area contributed by atoms with E-state index in [1.54, 1.807) is 24.3 Å². The fraction of sp³-hybridized carbons (Fsp3) is 0.423. The van der Waals surface area contributed by atoms with Crippen LogP contribution in [0.3, 0.4) is 0 Å². The molecule has 7 heteroatoms. The van der Waals surface area contributed by atoms with E-state index in [4.69, 9.17) is 13.9 Å². The molecule has 0 unspecified atom stereocenters. The van der Waals surface area contributed by atoms with Crippen molar-refractivity contribution in [2.24, 2.45) is 0 Å². The molecule has 6 nitrogen and oxygen atoms in total. The average Bonchev–Trinajstić information content (AvgIpc) is 3.29. The first kappa shape index (κ1) is 21.9. The van der Waals surface area contributed by atoms with Crippen LogP contribution >= 0.6 is 0 Å². The Labute approximate surface area is 192 Å². The van der Waals surface area contributed by atoms with Gasteiger partial charge in [-0.05, 0) is 56.1 Å². The van der Waals surface area contributed by atoms with Gasteiger partial charge in [0.1, 0.15) is 22.9 Å². The third kappa shape index (κ3) is 5.20. The monoisotopic (exact) mass is 452 g/mol. The van der Waals surface area contributed by atoms with Gasteiger partial charge in [-0.2, -0.15) is 0 Å². The summed E-state index contributed by atoms with van der Waals surface area (Å²) in [7, 11) is 0. The van der Waals surface area contributed by atoms with E-state index in [1.165, 1.54) is 12.1 Å². The number of likely N-dealkylation sites (tertiary alicyclic amines) is 1. The third-order valence-corrected chi connectivity index (χ3v) is 6.49. The molecule has 0 amide bonds. The van der Waals surface area contributed by atoms with Gasteiger partial charge in [-0.1, -0.05) is 12.1 Å². The Kier molecular flexibility index (Phi) is 6.60. The highest BCUT2D eigenvalue weighted by Gasteiger charge is 2.22. The molecule has 3 heterocycles. The quantitative estimate of drug-likeness (QED) is 0.413. The number of piperidine rings is 1. The van der Waals surface area contributed by atoms with Gasteiger partial charge in [0.15, 0.2) is 0 Å². The fourth-order valence-corrected chi connectivity index (χ4v) is 4.73. The molecule has 0 radical (unpaired) electrons. The molecule has 0 spiro atoms. The molecule has 0 saturated carbocycles. The summed E-state index contributed by atoms with van der Waals surface area (Å²) < 4.78 is 30.6. The lowest BCUT2D eigenvalue weighted by molar-refractivity contribution is 0.182. The Morgan fingerprint density at radius 3 is 2.88 bits per heavy atom. The molecule has 5 rings (SSSR count). The second-order valence-electron chi connectivity index (χ2n) is 8.78. The molecule has 0 bridgehead atoms. The van der Waals surface area contributed by atoms with Crippen molar-refractivity contribution in [3.05, 3.63) is 69.8 Å². The van der Waals surface area contributed by atoms with Crippen molar-refractivity contribution in [1.82, 2.24) is 10.2 Å². The van der Waals surface area contributed by atoms with Gasteiger partial charge in [0.2, 0.25) is 0 Å². The van der Waals surface area contributed by atoms with Gasteiger partial charge in [-0.3, -0.25) is 0 Å². The van der Waals surface area contributed by atoms with Gasteiger partial charge in [-0.25, -0.2) is 9.18 Å². The highest BCUT2D eigenvalue weighted by atomic mass is 19.1. The van der Waals surface area contributed by atoms with Crippen molar-refractivity contribution >= 4 is 11.0 Å². The lowest BCUT2D eigenvalue weighted by Gasteiger charge is -2.32. The van der Waals surface area contributed by atoms with Crippen LogP contribution in [0.5, 0.6) is 11.5 Å². The molecule has 2 aromatic carbocycles. The molecule has 0 aliphatic carbocycles. The molecular weight excluding hydrogens is 423 g/mol. The second kappa shape index (κ2) is 9.93. The van der Waals surface area contributed by atoms with E-state index < -0.39 is 0 Å². The summed E-state index contributed by atoms with van der Waals surface area (Å²) in [5.41, 5.74) is 2.17. The number of hydrogen-bond donors (Lipinski definition) is 1. The Bertz CT molecular complexity index is 1170. The fourth-order valence-electron chi connectivity index (χ4n) is 4.73. The Morgan fingerprint density at radius 2 is 2.03 bits per heavy atom. The zero-order valence-electron chi connectivity index (χ0n) is 18.6. The maximum atomic E-state index is 13.3. The SMILES string of the molecule is O=c1ccc2c(OCCCN3CCC(NCc4cccc(F)c4)CC3)c3c(cc2o1)OCC3. The van der Waals surface area contributed by atoms with Gasteiger partial charge in [-0.15, -0.1) is 0 Å². The number of halogens is 1. The normalized spacial score (nSPS) is 16.6. The predicted octanol–water partition coefficient (Wildman–Crippen LogP) is 3.89. The minimum Gasteiger partial charge on any atom is -0.493 e. The molecule has 174 valence electrons.